The Morgan fingerprint density at radius 3 is 2.63 bits per heavy atom. The van der Waals surface area contributed by atoms with Gasteiger partial charge in [0, 0.05) is 35.6 Å². The van der Waals surface area contributed by atoms with Crippen molar-refractivity contribution in [3.8, 4) is 0 Å². The van der Waals surface area contributed by atoms with Crippen molar-refractivity contribution in [2.45, 2.75) is 77.3 Å². The standard InChI is InChI=1S/C25H35N3O2/c1-25(2,3)27-24(30)22-14-17-8-4-5-9-19(17)16-28(22)23(29)13-12-18-15-26-21-11-7-6-10-20(18)21/h6-7,10-11,15,17,19,22,26H,4-5,8-9,12-14,16H2,1-3H3,(H,27,30). The number of carbonyl (C=O) groups excluding carboxylic acids is 2. The molecular formula is C25H35N3O2. The number of para-hydroxylation sites is 1. The first-order chi connectivity index (χ1) is 14.3. The van der Waals surface area contributed by atoms with E-state index in [1.165, 1.54) is 36.6 Å². The van der Waals surface area contributed by atoms with Gasteiger partial charge in [0.15, 0.2) is 0 Å². The smallest absolute Gasteiger partial charge is 0.243 e. The highest BCUT2D eigenvalue weighted by molar-refractivity contribution is 5.89. The van der Waals surface area contributed by atoms with Crippen LogP contribution in [0.3, 0.4) is 0 Å². The minimum atomic E-state index is -0.334. The average molecular weight is 410 g/mol. The predicted molar refractivity (Wildman–Crippen MR) is 120 cm³/mol. The van der Waals surface area contributed by atoms with Gasteiger partial charge in [-0.3, -0.25) is 9.59 Å². The Morgan fingerprint density at radius 2 is 1.87 bits per heavy atom. The van der Waals surface area contributed by atoms with Crippen molar-refractivity contribution in [3.05, 3.63) is 36.0 Å². The number of aromatic nitrogens is 1. The van der Waals surface area contributed by atoms with Crippen LogP contribution in [0.2, 0.25) is 0 Å². The molecule has 162 valence electrons. The lowest BCUT2D eigenvalue weighted by atomic mass is 9.72. The lowest BCUT2D eigenvalue weighted by Gasteiger charge is -2.46. The molecule has 2 aliphatic rings. The quantitative estimate of drug-likeness (QED) is 0.785. The SMILES string of the molecule is CC(C)(C)NC(=O)C1CC2CCCCC2CN1C(=O)CCc1c[nH]c2ccccc12. The Hall–Kier alpha value is -2.30. The molecule has 0 bridgehead atoms. The summed E-state index contributed by atoms with van der Waals surface area (Å²) in [7, 11) is 0. The zero-order valence-electron chi connectivity index (χ0n) is 18.5. The molecule has 1 aliphatic heterocycles. The van der Waals surface area contributed by atoms with Crippen LogP contribution in [0.5, 0.6) is 0 Å². The van der Waals surface area contributed by atoms with Crippen molar-refractivity contribution in [2.24, 2.45) is 11.8 Å². The minimum Gasteiger partial charge on any atom is -0.361 e. The lowest BCUT2D eigenvalue weighted by Crippen LogP contribution is -2.59. The Bertz CT molecular complexity index is 910. The maximum atomic E-state index is 13.3. The summed E-state index contributed by atoms with van der Waals surface area (Å²) in [5.41, 5.74) is 1.98. The first-order valence-electron chi connectivity index (χ1n) is 11.5. The van der Waals surface area contributed by atoms with Gasteiger partial charge in [0.2, 0.25) is 11.8 Å². The Labute approximate surface area is 179 Å². The summed E-state index contributed by atoms with van der Waals surface area (Å²) in [6, 6.07) is 7.86. The third kappa shape index (κ3) is 4.55. The fraction of sp³-hybridized carbons (Fsp3) is 0.600. The molecule has 5 heteroatoms. The van der Waals surface area contributed by atoms with Gasteiger partial charge in [-0.1, -0.05) is 37.5 Å². The van der Waals surface area contributed by atoms with E-state index in [2.05, 4.69) is 22.4 Å². The number of aromatic amines is 1. The molecule has 0 spiro atoms. The first-order valence-corrected chi connectivity index (χ1v) is 11.5. The van der Waals surface area contributed by atoms with Crippen molar-refractivity contribution in [1.29, 1.82) is 0 Å². The molecule has 4 rings (SSSR count). The highest BCUT2D eigenvalue weighted by Crippen LogP contribution is 2.39. The molecule has 0 radical (unpaired) electrons. The fourth-order valence-corrected chi connectivity index (χ4v) is 5.33. The van der Waals surface area contributed by atoms with Crippen molar-refractivity contribution in [1.82, 2.24) is 15.2 Å². The van der Waals surface area contributed by atoms with Crippen molar-refractivity contribution in [3.63, 3.8) is 0 Å². The molecule has 3 unspecified atom stereocenters. The number of likely N-dealkylation sites (tertiary alicyclic amines) is 1. The monoisotopic (exact) mass is 409 g/mol. The Kier molecular flexibility index (Phi) is 5.90. The minimum absolute atomic E-state index is 0.00645. The molecule has 30 heavy (non-hydrogen) atoms. The molecule has 1 saturated heterocycles. The first kappa shape index (κ1) is 21.0. The molecule has 2 N–H and O–H groups in total. The number of rotatable bonds is 4. The van der Waals surface area contributed by atoms with Crippen LogP contribution in [0.1, 0.15) is 64.9 Å². The molecule has 2 amide bonds. The number of benzene rings is 1. The molecule has 3 atom stereocenters. The molecule has 1 aromatic heterocycles. The number of carbonyl (C=O) groups is 2. The topological polar surface area (TPSA) is 65.2 Å². The maximum absolute atomic E-state index is 13.3. The summed E-state index contributed by atoms with van der Waals surface area (Å²) >= 11 is 0. The van der Waals surface area contributed by atoms with Crippen LogP contribution >= 0.6 is 0 Å². The predicted octanol–water partition coefficient (Wildman–Crippen LogP) is 4.42. The van der Waals surface area contributed by atoms with Crippen molar-refractivity contribution < 1.29 is 9.59 Å². The van der Waals surface area contributed by atoms with E-state index in [4.69, 9.17) is 0 Å². The molecule has 2 heterocycles. The van der Waals surface area contributed by atoms with Gasteiger partial charge in [-0.2, -0.15) is 0 Å². The van der Waals surface area contributed by atoms with Crippen molar-refractivity contribution >= 4 is 22.7 Å². The second-order valence-corrected chi connectivity index (χ2v) is 10.2. The van der Waals surface area contributed by atoms with Crippen LogP contribution < -0.4 is 5.32 Å². The third-order valence-electron chi connectivity index (χ3n) is 6.80. The number of hydrogen-bond donors (Lipinski definition) is 2. The molecule has 2 fully saturated rings. The second-order valence-electron chi connectivity index (χ2n) is 10.2. The van der Waals surface area contributed by atoms with Gasteiger partial charge < -0.3 is 15.2 Å². The number of amides is 2. The number of nitrogens with zero attached hydrogens (tertiary/aromatic N) is 1. The fourth-order valence-electron chi connectivity index (χ4n) is 5.33. The molecular weight excluding hydrogens is 374 g/mol. The Morgan fingerprint density at radius 1 is 1.13 bits per heavy atom. The van der Waals surface area contributed by atoms with Crippen LogP contribution in [-0.4, -0.2) is 39.8 Å². The summed E-state index contributed by atoms with van der Waals surface area (Å²) < 4.78 is 0. The van der Waals surface area contributed by atoms with E-state index >= 15 is 0 Å². The van der Waals surface area contributed by atoms with Gasteiger partial charge in [0.05, 0.1) is 0 Å². The van der Waals surface area contributed by atoms with Crippen LogP contribution in [0, 0.1) is 11.8 Å². The van der Waals surface area contributed by atoms with E-state index in [1.807, 2.05) is 44.0 Å². The maximum Gasteiger partial charge on any atom is 0.243 e. The van der Waals surface area contributed by atoms with Crippen LogP contribution in [0.4, 0.5) is 0 Å². The summed E-state index contributed by atoms with van der Waals surface area (Å²) in [5, 5.41) is 4.30. The normalized spacial score (nSPS) is 24.5. The summed E-state index contributed by atoms with van der Waals surface area (Å²) in [4.78, 5) is 31.6. The number of piperidine rings is 1. The van der Waals surface area contributed by atoms with Crippen LogP contribution in [0.25, 0.3) is 10.9 Å². The van der Waals surface area contributed by atoms with Gasteiger partial charge in [0.25, 0.3) is 0 Å². The summed E-state index contributed by atoms with van der Waals surface area (Å²) in [6.07, 6.45) is 8.84. The number of aryl methyl sites for hydroxylation is 1. The van der Waals surface area contributed by atoms with E-state index in [0.29, 0.717) is 24.7 Å². The number of hydrogen-bond acceptors (Lipinski definition) is 2. The van der Waals surface area contributed by atoms with Crippen molar-refractivity contribution in [2.75, 3.05) is 6.54 Å². The average Bonchev–Trinajstić information content (AvgIpc) is 3.13. The zero-order valence-corrected chi connectivity index (χ0v) is 18.5. The molecule has 1 saturated carbocycles. The lowest BCUT2D eigenvalue weighted by molar-refractivity contribution is -0.146. The molecule has 1 aliphatic carbocycles. The number of H-pyrrole nitrogens is 1. The van der Waals surface area contributed by atoms with Gasteiger partial charge in [-0.15, -0.1) is 0 Å². The van der Waals surface area contributed by atoms with Crippen LogP contribution in [-0.2, 0) is 16.0 Å². The summed E-state index contributed by atoms with van der Waals surface area (Å²) in [6.45, 7) is 6.74. The third-order valence-corrected chi connectivity index (χ3v) is 6.80. The van der Waals surface area contributed by atoms with E-state index in [0.717, 1.165) is 18.5 Å². The Balaban J connectivity index is 1.49. The largest absolute Gasteiger partial charge is 0.361 e. The van der Waals surface area contributed by atoms with Gasteiger partial charge in [0.1, 0.15) is 6.04 Å². The van der Waals surface area contributed by atoms with Gasteiger partial charge in [-0.25, -0.2) is 0 Å². The van der Waals surface area contributed by atoms with E-state index in [9.17, 15) is 9.59 Å². The van der Waals surface area contributed by atoms with E-state index < -0.39 is 0 Å². The van der Waals surface area contributed by atoms with Crippen LogP contribution in [0.15, 0.2) is 30.5 Å². The highest BCUT2D eigenvalue weighted by atomic mass is 16.2. The van der Waals surface area contributed by atoms with Gasteiger partial charge >= 0.3 is 0 Å². The number of nitrogens with one attached hydrogen (secondary N) is 2. The second kappa shape index (κ2) is 8.44. The molecule has 5 nitrogen and oxygen atoms in total. The summed E-state index contributed by atoms with van der Waals surface area (Å²) in [5.74, 6) is 1.24. The van der Waals surface area contributed by atoms with Gasteiger partial charge in [-0.05, 0) is 63.5 Å². The van der Waals surface area contributed by atoms with E-state index in [1.54, 1.807) is 0 Å². The van der Waals surface area contributed by atoms with E-state index in [-0.39, 0.29) is 23.4 Å². The number of fused-ring (bicyclic) bond motifs is 2. The zero-order chi connectivity index (χ0) is 21.3. The molecule has 1 aromatic carbocycles. The molecule has 2 aromatic rings. The highest BCUT2D eigenvalue weighted by Gasteiger charge is 2.42.